The molecule has 178 valence electrons. The number of methoxy groups -OCH3 is 1. The maximum atomic E-state index is 12.6. The molecule has 3 N–H and O–H groups in total. The van der Waals surface area contributed by atoms with Crippen LogP contribution in [-0.2, 0) is 11.3 Å². The molecular formula is C26H29N3O5. The number of furan rings is 1. The van der Waals surface area contributed by atoms with Crippen molar-refractivity contribution in [3.8, 4) is 17.1 Å². The Kier molecular flexibility index (Phi) is 8.08. The van der Waals surface area contributed by atoms with E-state index < -0.39 is 11.9 Å². The summed E-state index contributed by atoms with van der Waals surface area (Å²) in [4.78, 5) is 37.1. The van der Waals surface area contributed by atoms with Crippen molar-refractivity contribution in [1.82, 2.24) is 16.0 Å². The lowest BCUT2D eigenvalue weighted by molar-refractivity contribution is -0.123. The van der Waals surface area contributed by atoms with Gasteiger partial charge in [-0.1, -0.05) is 38.1 Å². The van der Waals surface area contributed by atoms with Crippen molar-refractivity contribution in [3.05, 3.63) is 77.6 Å². The number of nitrogens with one attached hydrogen (secondary N) is 3. The Bertz CT molecular complexity index is 1170. The average molecular weight is 464 g/mol. The van der Waals surface area contributed by atoms with Crippen LogP contribution in [0.4, 0.5) is 0 Å². The summed E-state index contributed by atoms with van der Waals surface area (Å²) in [5, 5.41) is 8.16. The van der Waals surface area contributed by atoms with Gasteiger partial charge in [-0.15, -0.1) is 0 Å². The van der Waals surface area contributed by atoms with Crippen LogP contribution in [-0.4, -0.2) is 37.9 Å². The number of hydrogen-bond acceptors (Lipinski definition) is 5. The van der Waals surface area contributed by atoms with Crippen LogP contribution >= 0.6 is 0 Å². The standard InChI is InChI=1S/C26H29N3O5/c1-16(2)23(26(32)27-3)29-25(31)22-12-11-21(34-22)18-8-5-7-17(13-18)15-28-24(30)19-9-6-10-20(14-19)33-4/h5-14,16,23H,15H2,1-4H3,(H,27,32)(H,28,30)(H,29,31). The Morgan fingerprint density at radius 1 is 0.971 bits per heavy atom. The first-order valence-electron chi connectivity index (χ1n) is 11.0. The summed E-state index contributed by atoms with van der Waals surface area (Å²) in [6, 6.07) is 17.0. The van der Waals surface area contributed by atoms with Crippen molar-refractivity contribution in [2.24, 2.45) is 5.92 Å². The zero-order chi connectivity index (χ0) is 24.7. The Morgan fingerprint density at radius 2 is 1.74 bits per heavy atom. The first kappa shape index (κ1) is 24.6. The van der Waals surface area contributed by atoms with Crippen molar-refractivity contribution < 1.29 is 23.5 Å². The van der Waals surface area contributed by atoms with Crippen molar-refractivity contribution in [2.75, 3.05) is 14.2 Å². The third-order valence-corrected chi connectivity index (χ3v) is 5.31. The van der Waals surface area contributed by atoms with Crippen LogP contribution in [0.1, 0.15) is 40.3 Å². The van der Waals surface area contributed by atoms with E-state index in [9.17, 15) is 14.4 Å². The van der Waals surface area contributed by atoms with Crippen LogP contribution in [0.5, 0.6) is 5.75 Å². The molecule has 2 aromatic carbocycles. The Labute approximate surface area is 198 Å². The molecule has 0 aliphatic rings. The fourth-order valence-electron chi connectivity index (χ4n) is 3.40. The van der Waals surface area contributed by atoms with Gasteiger partial charge in [-0.25, -0.2) is 0 Å². The highest BCUT2D eigenvalue weighted by Gasteiger charge is 2.25. The summed E-state index contributed by atoms with van der Waals surface area (Å²) in [6.07, 6.45) is 0. The van der Waals surface area contributed by atoms with E-state index in [0.717, 1.165) is 11.1 Å². The fraction of sp³-hybridized carbons (Fsp3) is 0.269. The molecule has 3 aromatic rings. The van der Waals surface area contributed by atoms with Crippen LogP contribution in [0.15, 0.2) is 65.1 Å². The normalized spacial score (nSPS) is 11.6. The lowest BCUT2D eigenvalue weighted by Crippen LogP contribution is -2.48. The highest BCUT2D eigenvalue weighted by molar-refractivity contribution is 5.96. The van der Waals surface area contributed by atoms with E-state index in [0.29, 0.717) is 23.6 Å². The first-order valence-corrected chi connectivity index (χ1v) is 11.0. The molecule has 8 heteroatoms. The number of likely N-dealkylation sites (N-methyl/N-ethyl adjacent to an activating group) is 1. The third kappa shape index (κ3) is 6.04. The van der Waals surface area contributed by atoms with E-state index in [4.69, 9.17) is 9.15 Å². The third-order valence-electron chi connectivity index (χ3n) is 5.31. The molecule has 0 aliphatic heterocycles. The molecule has 0 aliphatic carbocycles. The number of amides is 3. The van der Waals surface area contributed by atoms with Gasteiger partial charge in [0, 0.05) is 24.7 Å². The Balaban J connectivity index is 1.67. The molecular weight excluding hydrogens is 434 g/mol. The van der Waals surface area contributed by atoms with Crippen molar-refractivity contribution in [2.45, 2.75) is 26.4 Å². The predicted octanol–water partition coefficient (Wildman–Crippen LogP) is 3.39. The fourth-order valence-corrected chi connectivity index (χ4v) is 3.40. The minimum atomic E-state index is -0.664. The van der Waals surface area contributed by atoms with E-state index in [-0.39, 0.29) is 23.5 Å². The molecule has 1 heterocycles. The molecule has 3 amide bonds. The van der Waals surface area contributed by atoms with Gasteiger partial charge in [0.05, 0.1) is 7.11 Å². The second-order valence-corrected chi connectivity index (χ2v) is 8.09. The molecule has 34 heavy (non-hydrogen) atoms. The maximum absolute atomic E-state index is 12.6. The van der Waals surface area contributed by atoms with Gasteiger partial charge < -0.3 is 25.1 Å². The van der Waals surface area contributed by atoms with Crippen LogP contribution in [0.2, 0.25) is 0 Å². The Morgan fingerprint density at radius 3 is 2.44 bits per heavy atom. The highest BCUT2D eigenvalue weighted by Crippen LogP contribution is 2.23. The van der Waals surface area contributed by atoms with Gasteiger partial charge in [0.2, 0.25) is 5.91 Å². The van der Waals surface area contributed by atoms with Crippen molar-refractivity contribution in [3.63, 3.8) is 0 Å². The van der Waals surface area contributed by atoms with Gasteiger partial charge in [-0.05, 0) is 47.9 Å². The number of carbonyl (C=O) groups is 3. The molecule has 0 saturated carbocycles. The number of hydrogen-bond donors (Lipinski definition) is 3. The zero-order valence-electron chi connectivity index (χ0n) is 19.7. The van der Waals surface area contributed by atoms with E-state index >= 15 is 0 Å². The second kappa shape index (κ2) is 11.2. The van der Waals surface area contributed by atoms with Gasteiger partial charge in [0.15, 0.2) is 5.76 Å². The lowest BCUT2D eigenvalue weighted by Gasteiger charge is -2.19. The number of benzene rings is 2. The minimum Gasteiger partial charge on any atom is -0.497 e. The molecule has 0 fully saturated rings. The van der Waals surface area contributed by atoms with Crippen molar-refractivity contribution >= 4 is 17.7 Å². The summed E-state index contributed by atoms with van der Waals surface area (Å²) >= 11 is 0. The zero-order valence-corrected chi connectivity index (χ0v) is 19.7. The van der Waals surface area contributed by atoms with E-state index in [1.807, 2.05) is 38.1 Å². The summed E-state index contributed by atoms with van der Waals surface area (Å²) in [5.41, 5.74) is 2.14. The average Bonchev–Trinajstić information content (AvgIpc) is 3.36. The molecule has 0 spiro atoms. The highest BCUT2D eigenvalue weighted by atomic mass is 16.5. The summed E-state index contributed by atoms with van der Waals surface area (Å²) in [5.74, 6) is 0.212. The quantitative estimate of drug-likeness (QED) is 0.451. The smallest absolute Gasteiger partial charge is 0.287 e. The lowest BCUT2D eigenvalue weighted by atomic mass is 10.0. The number of ether oxygens (including phenoxy) is 1. The number of carbonyl (C=O) groups excluding carboxylic acids is 3. The molecule has 1 atom stereocenters. The maximum Gasteiger partial charge on any atom is 0.287 e. The van der Waals surface area contributed by atoms with Crippen LogP contribution < -0.4 is 20.7 Å². The van der Waals surface area contributed by atoms with E-state index in [2.05, 4.69) is 16.0 Å². The first-order chi connectivity index (χ1) is 16.3. The molecule has 0 radical (unpaired) electrons. The monoisotopic (exact) mass is 463 g/mol. The van der Waals surface area contributed by atoms with Gasteiger partial charge in [-0.2, -0.15) is 0 Å². The van der Waals surface area contributed by atoms with Gasteiger partial charge in [0.1, 0.15) is 17.6 Å². The molecule has 0 bridgehead atoms. The minimum absolute atomic E-state index is 0.0813. The van der Waals surface area contributed by atoms with E-state index in [1.165, 1.54) is 7.05 Å². The van der Waals surface area contributed by atoms with Crippen LogP contribution in [0.3, 0.4) is 0 Å². The SMILES string of the molecule is CNC(=O)C(NC(=O)c1ccc(-c2cccc(CNC(=O)c3cccc(OC)c3)c2)o1)C(C)C. The second-order valence-electron chi connectivity index (χ2n) is 8.09. The van der Waals surface area contributed by atoms with Gasteiger partial charge in [0.25, 0.3) is 11.8 Å². The summed E-state index contributed by atoms with van der Waals surface area (Å²) in [6.45, 7) is 4.03. The topological polar surface area (TPSA) is 110 Å². The van der Waals surface area contributed by atoms with Crippen LogP contribution in [0.25, 0.3) is 11.3 Å². The molecule has 3 rings (SSSR count). The molecule has 0 saturated heterocycles. The van der Waals surface area contributed by atoms with Gasteiger partial charge in [-0.3, -0.25) is 14.4 Å². The van der Waals surface area contributed by atoms with Gasteiger partial charge >= 0.3 is 0 Å². The predicted molar refractivity (Wildman–Crippen MR) is 128 cm³/mol. The molecule has 1 aromatic heterocycles. The van der Waals surface area contributed by atoms with E-state index in [1.54, 1.807) is 43.5 Å². The summed E-state index contributed by atoms with van der Waals surface area (Å²) in [7, 11) is 3.08. The van der Waals surface area contributed by atoms with Crippen LogP contribution in [0, 0.1) is 5.92 Å². The van der Waals surface area contributed by atoms with Crippen molar-refractivity contribution in [1.29, 1.82) is 0 Å². The largest absolute Gasteiger partial charge is 0.497 e. The molecule has 8 nitrogen and oxygen atoms in total. The number of rotatable bonds is 9. The molecule has 1 unspecified atom stereocenters. The Hall–Kier alpha value is -4.07. The summed E-state index contributed by atoms with van der Waals surface area (Å²) < 4.78 is 10.9.